The number of thiophene rings is 1. The van der Waals surface area contributed by atoms with Crippen molar-refractivity contribution in [2.75, 3.05) is 26.8 Å². The smallest absolute Gasteiger partial charge is 0.254 e. The van der Waals surface area contributed by atoms with Crippen molar-refractivity contribution in [3.63, 3.8) is 0 Å². The van der Waals surface area contributed by atoms with Crippen LogP contribution in [-0.4, -0.2) is 49.8 Å². The van der Waals surface area contributed by atoms with Gasteiger partial charge in [0.1, 0.15) is 0 Å². The van der Waals surface area contributed by atoms with Gasteiger partial charge in [-0.3, -0.25) is 9.59 Å². The first kappa shape index (κ1) is 21.5. The number of amides is 2. The van der Waals surface area contributed by atoms with E-state index in [1.807, 2.05) is 49.6 Å². The summed E-state index contributed by atoms with van der Waals surface area (Å²) in [6.07, 6.45) is 0.238. The van der Waals surface area contributed by atoms with E-state index < -0.39 is 5.92 Å². The highest BCUT2D eigenvalue weighted by molar-refractivity contribution is 7.10. The van der Waals surface area contributed by atoms with E-state index in [2.05, 4.69) is 5.32 Å². The fourth-order valence-electron chi connectivity index (χ4n) is 3.78. The van der Waals surface area contributed by atoms with Crippen LogP contribution in [0.1, 0.15) is 53.0 Å². The molecule has 3 rings (SSSR count). The maximum Gasteiger partial charge on any atom is 0.254 e. The van der Waals surface area contributed by atoms with Gasteiger partial charge in [0.05, 0.1) is 12.0 Å². The Bertz CT molecular complexity index is 818. The van der Waals surface area contributed by atoms with E-state index in [1.54, 1.807) is 29.4 Å². The second-order valence-corrected chi connectivity index (χ2v) is 7.84. The van der Waals surface area contributed by atoms with Crippen LogP contribution in [0.3, 0.4) is 0 Å². The molecule has 1 aromatic carbocycles. The quantitative estimate of drug-likeness (QED) is 0.635. The van der Waals surface area contributed by atoms with Gasteiger partial charge in [0.2, 0.25) is 5.91 Å². The molecule has 6 nitrogen and oxygen atoms in total. The highest BCUT2D eigenvalue weighted by Crippen LogP contribution is 2.43. The van der Waals surface area contributed by atoms with Crippen molar-refractivity contribution in [3.05, 3.63) is 57.8 Å². The minimum Gasteiger partial charge on any atom is -0.355 e. The predicted molar refractivity (Wildman–Crippen MR) is 113 cm³/mol. The zero-order chi connectivity index (χ0) is 20.8. The normalized spacial score (nSPS) is 18.8. The molecule has 2 amide bonds. The van der Waals surface area contributed by atoms with Crippen molar-refractivity contribution in [3.8, 4) is 0 Å². The van der Waals surface area contributed by atoms with Crippen LogP contribution in [0.5, 0.6) is 0 Å². The zero-order valence-electron chi connectivity index (χ0n) is 17.1. The molecule has 29 heavy (non-hydrogen) atoms. The highest BCUT2D eigenvalue weighted by atomic mass is 32.1. The Morgan fingerprint density at radius 3 is 2.55 bits per heavy atom. The van der Waals surface area contributed by atoms with Crippen LogP contribution in [0.15, 0.2) is 41.8 Å². The van der Waals surface area contributed by atoms with E-state index in [0.29, 0.717) is 31.7 Å². The van der Waals surface area contributed by atoms with Crippen LogP contribution in [0.4, 0.5) is 0 Å². The molecule has 156 valence electrons. The second-order valence-electron chi connectivity index (χ2n) is 6.86. The van der Waals surface area contributed by atoms with E-state index in [4.69, 9.17) is 9.47 Å². The molecule has 0 spiro atoms. The van der Waals surface area contributed by atoms with Gasteiger partial charge in [-0.05, 0) is 36.9 Å². The number of fused-ring (bicyclic) bond motifs is 1. The molecule has 0 bridgehead atoms. The van der Waals surface area contributed by atoms with Crippen LogP contribution < -0.4 is 5.32 Å². The molecule has 0 radical (unpaired) electrons. The van der Waals surface area contributed by atoms with Crippen LogP contribution >= 0.6 is 11.3 Å². The number of likely N-dealkylation sites (N-methyl/N-ethyl adjacent to an activating group) is 1. The molecule has 0 saturated carbocycles. The van der Waals surface area contributed by atoms with Crippen LogP contribution in [0.2, 0.25) is 0 Å². The monoisotopic (exact) mass is 416 g/mol. The molecule has 2 aromatic rings. The summed E-state index contributed by atoms with van der Waals surface area (Å²) in [5.41, 5.74) is 1.36. The minimum absolute atomic E-state index is 0.0594. The first-order valence-corrected chi connectivity index (χ1v) is 10.9. The maximum absolute atomic E-state index is 13.3. The van der Waals surface area contributed by atoms with Crippen molar-refractivity contribution in [2.45, 2.75) is 38.5 Å². The molecule has 1 aliphatic rings. The summed E-state index contributed by atoms with van der Waals surface area (Å²) in [6.45, 7) is 5.39. The Balaban J connectivity index is 1.82. The van der Waals surface area contributed by atoms with Gasteiger partial charge >= 0.3 is 0 Å². The summed E-state index contributed by atoms with van der Waals surface area (Å²) in [5, 5.41) is 5.01. The summed E-state index contributed by atoms with van der Waals surface area (Å²) in [6, 6.07) is 11.0. The summed E-state index contributed by atoms with van der Waals surface area (Å²) in [5.74, 6) is -0.622. The number of nitrogens with zero attached hydrogens (tertiary/aromatic N) is 1. The summed E-state index contributed by atoms with van der Waals surface area (Å²) >= 11 is 1.56. The number of rotatable bonds is 9. The summed E-state index contributed by atoms with van der Waals surface area (Å²) in [7, 11) is 1.77. The van der Waals surface area contributed by atoms with Gasteiger partial charge in [-0.25, -0.2) is 0 Å². The molecule has 0 aliphatic carbocycles. The molecule has 0 unspecified atom stereocenters. The lowest BCUT2D eigenvalue weighted by Gasteiger charge is -2.39. The van der Waals surface area contributed by atoms with Gasteiger partial charge in [0.15, 0.2) is 6.29 Å². The van der Waals surface area contributed by atoms with Gasteiger partial charge in [-0.2, -0.15) is 0 Å². The van der Waals surface area contributed by atoms with Crippen LogP contribution in [0.25, 0.3) is 0 Å². The number of carbonyl (C=O) groups is 2. The molecular weight excluding hydrogens is 388 g/mol. The number of hydrogen-bond acceptors (Lipinski definition) is 5. The van der Waals surface area contributed by atoms with Crippen molar-refractivity contribution in [1.29, 1.82) is 0 Å². The van der Waals surface area contributed by atoms with E-state index in [-0.39, 0.29) is 24.1 Å². The lowest BCUT2D eigenvalue weighted by Crippen LogP contribution is -2.45. The maximum atomic E-state index is 13.3. The van der Waals surface area contributed by atoms with Crippen molar-refractivity contribution in [2.24, 2.45) is 0 Å². The zero-order valence-corrected chi connectivity index (χ0v) is 17.9. The van der Waals surface area contributed by atoms with Crippen LogP contribution in [-0.2, 0) is 14.3 Å². The third-order valence-corrected chi connectivity index (χ3v) is 6.02. The third-order valence-electron chi connectivity index (χ3n) is 5.08. The Hall–Kier alpha value is -2.22. The third kappa shape index (κ3) is 4.69. The topological polar surface area (TPSA) is 67.9 Å². The van der Waals surface area contributed by atoms with Gasteiger partial charge in [0, 0.05) is 43.7 Å². The summed E-state index contributed by atoms with van der Waals surface area (Å²) < 4.78 is 11.1. The second kappa shape index (κ2) is 10.0. The molecule has 1 aliphatic heterocycles. The fraction of sp³-hybridized carbons (Fsp3) is 0.455. The number of nitrogens with one attached hydrogen (secondary N) is 1. The largest absolute Gasteiger partial charge is 0.355 e. The molecule has 0 saturated heterocycles. The molecule has 1 N–H and O–H groups in total. The Morgan fingerprint density at radius 2 is 1.90 bits per heavy atom. The van der Waals surface area contributed by atoms with Gasteiger partial charge in [0.25, 0.3) is 5.91 Å². The molecule has 2 atom stereocenters. The average Bonchev–Trinajstić information content (AvgIpc) is 3.25. The Kier molecular flexibility index (Phi) is 7.41. The van der Waals surface area contributed by atoms with E-state index in [1.165, 1.54) is 0 Å². The van der Waals surface area contributed by atoms with Crippen molar-refractivity contribution < 1.29 is 19.1 Å². The number of benzene rings is 1. The predicted octanol–water partition coefficient (Wildman–Crippen LogP) is 3.56. The van der Waals surface area contributed by atoms with E-state index >= 15 is 0 Å². The van der Waals surface area contributed by atoms with E-state index in [0.717, 1.165) is 10.4 Å². The lowest BCUT2D eigenvalue weighted by molar-refractivity contribution is -0.140. The van der Waals surface area contributed by atoms with Crippen molar-refractivity contribution in [1.82, 2.24) is 10.2 Å². The van der Waals surface area contributed by atoms with Crippen LogP contribution in [0, 0.1) is 0 Å². The number of ether oxygens (including phenoxy) is 2. The van der Waals surface area contributed by atoms with Gasteiger partial charge in [-0.1, -0.05) is 24.3 Å². The Labute approximate surface area is 175 Å². The van der Waals surface area contributed by atoms with Gasteiger partial charge in [-0.15, -0.1) is 11.3 Å². The SMILES string of the molecule is CCOC(CCNC(=O)[C@@H]1c2ccccc2C(=O)N(C)[C@H]1c1cccs1)OCC. The fourth-order valence-corrected chi connectivity index (χ4v) is 4.69. The minimum atomic E-state index is -0.467. The highest BCUT2D eigenvalue weighted by Gasteiger charge is 2.42. The number of hydrogen-bond donors (Lipinski definition) is 1. The average molecular weight is 417 g/mol. The first-order chi connectivity index (χ1) is 14.1. The van der Waals surface area contributed by atoms with E-state index in [9.17, 15) is 9.59 Å². The molecule has 7 heteroatoms. The lowest BCUT2D eigenvalue weighted by atomic mass is 9.81. The molecule has 2 heterocycles. The van der Waals surface area contributed by atoms with Gasteiger partial charge < -0.3 is 19.7 Å². The summed E-state index contributed by atoms with van der Waals surface area (Å²) in [4.78, 5) is 28.9. The molecule has 0 fully saturated rings. The standard InChI is InChI=1S/C22H28N2O4S/c1-4-27-18(28-5-2)12-13-23-21(25)19-15-9-6-7-10-16(15)22(26)24(3)20(19)17-11-8-14-29-17/h6-11,14,18-20H,4-5,12-13H2,1-3H3,(H,23,25)/t19-,20+/m1/s1. The Morgan fingerprint density at radius 1 is 1.17 bits per heavy atom. The number of carbonyl (C=O) groups excluding carboxylic acids is 2. The first-order valence-electron chi connectivity index (χ1n) is 9.98. The molecule has 1 aromatic heterocycles. The molecular formula is C22H28N2O4S. The van der Waals surface area contributed by atoms with Crippen molar-refractivity contribution >= 4 is 23.2 Å².